The lowest BCUT2D eigenvalue weighted by Gasteiger charge is -2.17. The summed E-state index contributed by atoms with van der Waals surface area (Å²) in [6, 6.07) is 3.46. The fourth-order valence-electron chi connectivity index (χ4n) is 2.63. The van der Waals surface area contributed by atoms with E-state index in [1.807, 2.05) is 0 Å². The Kier molecular flexibility index (Phi) is 4.37. The highest BCUT2D eigenvalue weighted by Gasteiger charge is 2.27. The summed E-state index contributed by atoms with van der Waals surface area (Å²) in [6.45, 7) is 0.582. The van der Waals surface area contributed by atoms with Gasteiger partial charge >= 0.3 is 0 Å². The van der Waals surface area contributed by atoms with Gasteiger partial charge < -0.3 is 15.5 Å². The molecular weight excluding hydrogens is 249 g/mol. The van der Waals surface area contributed by atoms with Crippen molar-refractivity contribution < 1.29 is 19.4 Å². The van der Waals surface area contributed by atoms with Crippen LogP contribution in [-0.2, 0) is 0 Å². The van der Waals surface area contributed by atoms with Crippen molar-refractivity contribution >= 4 is 5.91 Å². The molecule has 2 unspecified atom stereocenters. The van der Waals surface area contributed by atoms with Crippen molar-refractivity contribution in [2.45, 2.75) is 19.3 Å². The molecule has 0 aliphatic heterocycles. The molecule has 0 radical (unpaired) electrons. The van der Waals surface area contributed by atoms with E-state index in [1.165, 1.54) is 12.1 Å². The van der Waals surface area contributed by atoms with Gasteiger partial charge in [-0.1, -0.05) is 6.42 Å². The minimum atomic E-state index is -0.734. The first-order valence-electron chi connectivity index (χ1n) is 6.49. The van der Waals surface area contributed by atoms with Gasteiger partial charge in [-0.15, -0.1) is 0 Å². The molecule has 5 heteroatoms. The van der Waals surface area contributed by atoms with Gasteiger partial charge in [-0.3, -0.25) is 4.79 Å². The number of nitrogens with one attached hydrogen (secondary N) is 1. The molecule has 1 aliphatic rings. The molecule has 4 nitrogen and oxygen atoms in total. The summed E-state index contributed by atoms with van der Waals surface area (Å²) in [7, 11) is 0. The van der Waals surface area contributed by atoms with Gasteiger partial charge in [-0.25, -0.2) is 4.39 Å². The topological polar surface area (TPSA) is 69.6 Å². The maximum atomic E-state index is 13.5. The van der Waals surface area contributed by atoms with Crippen LogP contribution in [0.2, 0.25) is 0 Å². The van der Waals surface area contributed by atoms with E-state index in [9.17, 15) is 14.3 Å². The van der Waals surface area contributed by atoms with E-state index < -0.39 is 11.7 Å². The highest BCUT2D eigenvalue weighted by molar-refractivity contribution is 5.94. The standard InChI is InChI=1S/C14H18FNO3/c15-13-6-11(18)4-5-12(13)14(19)16-7-9-2-1-3-10(9)8-17/h4-6,9-10,17-18H,1-3,7-8H2,(H,16,19). The predicted octanol–water partition coefficient (Wildman–Crippen LogP) is 1.67. The van der Waals surface area contributed by atoms with E-state index >= 15 is 0 Å². The molecule has 0 bridgehead atoms. The minimum Gasteiger partial charge on any atom is -0.508 e. The fraction of sp³-hybridized carbons (Fsp3) is 0.500. The molecule has 1 aromatic carbocycles. The molecule has 1 aliphatic carbocycles. The van der Waals surface area contributed by atoms with Crippen molar-refractivity contribution in [3.8, 4) is 5.75 Å². The van der Waals surface area contributed by atoms with Gasteiger partial charge in [-0.2, -0.15) is 0 Å². The number of carbonyl (C=O) groups is 1. The Morgan fingerprint density at radius 2 is 2.11 bits per heavy atom. The number of phenolic OH excluding ortho intramolecular Hbond substituents is 1. The summed E-state index contributed by atoms with van der Waals surface area (Å²) in [4.78, 5) is 11.8. The third-order valence-corrected chi connectivity index (χ3v) is 3.77. The van der Waals surface area contributed by atoms with Crippen LogP contribution in [0.4, 0.5) is 4.39 Å². The van der Waals surface area contributed by atoms with Crippen LogP contribution in [0.15, 0.2) is 18.2 Å². The van der Waals surface area contributed by atoms with Gasteiger partial charge in [0.1, 0.15) is 11.6 Å². The van der Waals surface area contributed by atoms with E-state index in [1.54, 1.807) is 0 Å². The second kappa shape index (κ2) is 6.02. The number of phenols is 1. The van der Waals surface area contributed by atoms with E-state index in [2.05, 4.69) is 5.32 Å². The molecule has 19 heavy (non-hydrogen) atoms. The maximum absolute atomic E-state index is 13.5. The zero-order chi connectivity index (χ0) is 13.8. The van der Waals surface area contributed by atoms with Gasteiger partial charge in [0.2, 0.25) is 0 Å². The van der Waals surface area contributed by atoms with E-state index in [-0.39, 0.29) is 29.8 Å². The van der Waals surface area contributed by atoms with Crippen LogP contribution in [-0.4, -0.2) is 29.3 Å². The van der Waals surface area contributed by atoms with Crippen LogP contribution in [0.5, 0.6) is 5.75 Å². The van der Waals surface area contributed by atoms with Crippen molar-refractivity contribution in [1.29, 1.82) is 0 Å². The molecule has 1 saturated carbocycles. The Balaban J connectivity index is 1.94. The SMILES string of the molecule is O=C(NCC1CCCC1CO)c1ccc(O)cc1F. The van der Waals surface area contributed by atoms with Crippen molar-refractivity contribution in [3.05, 3.63) is 29.6 Å². The van der Waals surface area contributed by atoms with Crippen LogP contribution in [0, 0.1) is 17.7 Å². The van der Waals surface area contributed by atoms with Crippen LogP contribution >= 0.6 is 0 Å². The molecule has 104 valence electrons. The molecule has 0 heterocycles. The molecule has 0 saturated heterocycles. The summed E-state index contributed by atoms with van der Waals surface area (Å²) in [5.74, 6) is -0.937. The number of halogens is 1. The number of aliphatic hydroxyl groups excluding tert-OH is 1. The number of amides is 1. The highest BCUT2D eigenvalue weighted by Crippen LogP contribution is 2.30. The summed E-state index contributed by atoms with van der Waals surface area (Å²) < 4.78 is 13.5. The number of carbonyl (C=O) groups excluding carboxylic acids is 1. The largest absolute Gasteiger partial charge is 0.508 e. The Labute approximate surface area is 111 Å². The Hall–Kier alpha value is -1.62. The van der Waals surface area contributed by atoms with Crippen LogP contribution in [0.1, 0.15) is 29.6 Å². The summed E-state index contributed by atoms with van der Waals surface area (Å²) in [5.41, 5.74) is -0.0728. The van der Waals surface area contributed by atoms with Crippen molar-refractivity contribution in [1.82, 2.24) is 5.32 Å². The smallest absolute Gasteiger partial charge is 0.254 e. The molecule has 3 N–H and O–H groups in total. The zero-order valence-corrected chi connectivity index (χ0v) is 10.6. The molecule has 2 atom stereocenters. The average molecular weight is 267 g/mol. The molecule has 2 rings (SSSR count). The number of aromatic hydroxyl groups is 1. The van der Waals surface area contributed by atoms with E-state index in [0.717, 1.165) is 25.3 Å². The van der Waals surface area contributed by atoms with Gasteiger partial charge in [0.15, 0.2) is 0 Å². The lowest BCUT2D eigenvalue weighted by Crippen LogP contribution is -2.32. The highest BCUT2D eigenvalue weighted by atomic mass is 19.1. The van der Waals surface area contributed by atoms with E-state index in [0.29, 0.717) is 6.54 Å². The second-order valence-electron chi connectivity index (χ2n) is 5.01. The molecule has 1 amide bonds. The fourth-order valence-corrected chi connectivity index (χ4v) is 2.63. The minimum absolute atomic E-state index is 0.0728. The summed E-state index contributed by atoms with van der Waals surface area (Å²) in [5, 5.41) is 21.0. The molecule has 0 aromatic heterocycles. The van der Waals surface area contributed by atoms with Crippen LogP contribution in [0.25, 0.3) is 0 Å². The Morgan fingerprint density at radius 3 is 2.79 bits per heavy atom. The first kappa shape index (κ1) is 13.8. The van der Waals surface area contributed by atoms with Gasteiger partial charge in [0, 0.05) is 19.2 Å². The Morgan fingerprint density at radius 1 is 1.37 bits per heavy atom. The normalized spacial score (nSPS) is 22.4. The monoisotopic (exact) mass is 267 g/mol. The number of rotatable bonds is 4. The summed E-state index contributed by atoms with van der Waals surface area (Å²) in [6.07, 6.45) is 3.01. The lowest BCUT2D eigenvalue weighted by atomic mass is 9.97. The van der Waals surface area contributed by atoms with Crippen LogP contribution in [0.3, 0.4) is 0 Å². The third kappa shape index (κ3) is 3.23. The average Bonchev–Trinajstić information content (AvgIpc) is 2.83. The van der Waals surface area contributed by atoms with Crippen molar-refractivity contribution in [2.24, 2.45) is 11.8 Å². The van der Waals surface area contributed by atoms with Crippen molar-refractivity contribution in [2.75, 3.05) is 13.2 Å². The molecule has 0 spiro atoms. The van der Waals surface area contributed by atoms with Gasteiger partial charge in [-0.05, 0) is 36.8 Å². The number of hydrogen-bond donors (Lipinski definition) is 3. The third-order valence-electron chi connectivity index (χ3n) is 3.77. The number of benzene rings is 1. The Bertz CT molecular complexity index is 464. The maximum Gasteiger partial charge on any atom is 0.254 e. The van der Waals surface area contributed by atoms with Crippen molar-refractivity contribution in [3.63, 3.8) is 0 Å². The number of hydrogen-bond acceptors (Lipinski definition) is 3. The molecule has 1 aromatic rings. The predicted molar refractivity (Wildman–Crippen MR) is 68.3 cm³/mol. The zero-order valence-electron chi connectivity index (χ0n) is 10.6. The van der Waals surface area contributed by atoms with Gasteiger partial charge in [0.05, 0.1) is 5.56 Å². The number of aliphatic hydroxyl groups is 1. The van der Waals surface area contributed by atoms with E-state index in [4.69, 9.17) is 5.11 Å². The first-order valence-corrected chi connectivity index (χ1v) is 6.49. The molecular formula is C14H18FNO3. The first-order chi connectivity index (χ1) is 9.11. The summed E-state index contributed by atoms with van der Waals surface area (Å²) >= 11 is 0. The van der Waals surface area contributed by atoms with Gasteiger partial charge in [0.25, 0.3) is 5.91 Å². The van der Waals surface area contributed by atoms with Crippen LogP contribution < -0.4 is 5.32 Å². The lowest BCUT2D eigenvalue weighted by molar-refractivity contribution is 0.0933. The molecule has 1 fully saturated rings. The second-order valence-corrected chi connectivity index (χ2v) is 5.01. The quantitative estimate of drug-likeness (QED) is 0.777.